The van der Waals surface area contributed by atoms with Crippen molar-refractivity contribution in [1.82, 2.24) is 19.2 Å². The molecule has 0 aliphatic heterocycles. The molecule has 0 saturated heterocycles. The molecule has 42 heavy (non-hydrogen) atoms. The molecule has 0 spiro atoms. The van der Waals surface area contributed by atoms with Crippen molar-refractivity contribution in [3.63, 3.8) is 0 Å². The summed E-state index contributed by atoms with van der Waals surface area (Å²) in [7, 11) is 0. The van der Waals surface area contributed by atoms with Gasteiger partial charge in [-0.2, -0.15) is 5.10 Å². The number of hydrogen-bond donors (Lipinski definition) is 4. The van der Waals surface area contributed by atoms with Gasteiger partial charge in [-0.25, -0.2) is 14.5 Å². The number of nitrogens with zero attached hydrogens (tertiary/aromatic N) is 4. The highest BCUT2D eigenvalue weighted by molar-refractivity contribution is 7.23. The number of hydrogen-bond acceptors (Lipinski definition) is 6. The first-order valence-electron chi connectivity index (χ1n) is 13.5. The molecule has 0 atom stereocenters. The van der Waals surface area contributed by atoms with Gasteiger partial charge in [0, 0.05) is 34.2 Å². The fourth-order valence-electron chi connectivity index (χ4n) is 4.68. The van der Waals surface area contributed by atoms with E-state index in [0.29, 0.717) is 17.2 Å². The minimum absolute atomic E-state index is 0.0275. The Kier molecular flexibility index (Phi) is 7.04. The van der Waals surface area contributed by atoms with Crippen molar-refractivity contribution in [2.75, 3.05) is 16.0 Å². The summed E-state index contributed by atoms with van der Waals surface area (Å²) in [6.45, 7) is 8.26. The van der Waals surface area contributed by atoms with Crippen LogP contribution < -0.4 is 16.0 Å². The number of aromatic nitrogens is 4. The second-order valence-electron chi connectivity index (χ2n) is 11.0. The van der Waals surface area contributed by atoms with Crippen LogP contribution in [0.5, 0.6) is 5.75 Å². The Labute approximate surface area is 251 Å². The number of aromatic hydroxyl groups is 1. The predicted octanol–water partition coefficient (Wildman–Crippen LogP) is 8.34. The topological polar surface area (TPSA) is 109 Å². The van der Waals surface area contributed by atoms with Gasteiger partial charge in [-0.3, -0.25) is 9.72 Å². The predicted molar refractivity (Wildman–Crippen MR) is 171 cm³/mol. The number of carbonyl (C=O) groups is 1. The monoisotopic (exact) mass is 599 g/mol. The number of phenolic OH excluding ortho intramolecular Hbond substituents is 1. The minimum atomic E-state index is -0.423. The van der Waals surface area contributed by atoms with E-state index in [1.54, 1.807) is 28.2 Å². The number of phenols is 1. The third-order valence-electron chi connectivity index (χ3n) is 6.87. The van der Waals surface area contributed by atoms with Gasteiger partial charge in [0.2, 0.25) is 0 Å². The summed E-state index contributed by atoms with van der Waals surface area (Å²) in [6, 6.07) is 20.0. The molecule has 0 fully saturated rings. The molecule has 0 unspecified atom stereocenters. The number of carbonyl (C=O) groups excluding carboxylic acids is 1. The highest BCUT2D eigenvalue weighted by atomic mass is 35.5. The van der Waals surface area contributed by atoms with E-state index < -0.39 is 6.03 Å². The van der Waals surface area contributed by atoms with Crippen LogP contribution in [0.25, 0.3) is 20.9 Å². The molecule has 3 aromatic heterocycles. The molecule has 3 heterocycles. The molecule has 0 bridgehead atoms. The zero-order valence-corrected chi connectivity index (χ0v) is 25.1. The van der Waals surface area contributed by atoms with Crippen molar-refractivity contribution < 1.29 is 9.90 Å². The molecule has 11 heteroatoms. The number of thiazole rings is 1. The van der Waals surface area contributed by atoms with Gasteiger partial charge in [-0.15, -0.1) is 0 Å². The van der Waals surface area contributed by atoms with Crippen LogP contribution in [0.2, 0.25) is 5.02 Å². The lowest BCUT2D eigenvalue weighted by atomic mass is 9.92. The zero-order valence-electron chi connectivity index (χ0n) is 23.6. The van der Waals surface area contributed by atoms with Gasteiger partial charge in [0.15, 0.2) is 4.96 Å². The second kappa shape index (κ2) is 10.7. The molecule has 9 nitrogen and oxygen atoms in total. The third-order valence-corrected chi connectivity index (χ3v) is 8.21. The standard InChI is InChI=1S/C31H30ClN7O2S/c1-5-21-17-33-30-38(21)24-14-20(9-12-26(24)42-30)34-18-7-6-8-19(13-18)35-29(41)36-28-16-27(31(2,3)4)37-39(28)22-10-11-25(40)23(32)15-22/h6-17,34,40H,5H2,1-4H3,(H2,35,36,41). The molecule has 4 N–H and O–H groups in total. The first kappa shape index (κ1) is 27.6. The van der Waals surface area contributed by atoms with Crippen LogP contribution in [0.1, 0.15) is 39.1 Å². The van der Waals surface area contributed by atoms with Crippen molar-refractivity contribution in [3.8, 4) is 11.4 Å². The molecule has 0 saturated carbocycles. The number of halogens is 1. The van der Waals surface area contributed by atoms with Gasteiger partial charge in [0.1, 0.15) is 11.6 Å². The molecule has 214 valence electrons. The van der Waals surface area contributed by atoms with Gasteiger partial charge >= 0.3 is 6.03 Å². The van der Waals surface area contributed by atoms with E-state index in [4.69, 9.17) is 16.7 Å². The SMILES string of the molecule is CCc1cnc2sc3ccc(Nc4cccc(NC(=O)Nc5cc(C(C)(C)C)nn5-c5ccc(O)c(Cl)c5)c4)cc3n12. The molecule has 0 radical (unpaired) electrons. The number of anilines is 4. The summed E-state index contributed by atoms with van der Waals surface area (Å²) in [4.78, 5) is 18.7. The number of fused-ring (bicyclic) bond motifs is 3. The number of imidazole rings is 1. The lowest BCUT2D eigenvalue weighted by Gasteiger charge is -2.14. The minimum Gasteiger partial charge on any atom is -0.506 e. The van der Waals surface area contributed by atoms with Crippen molar-refractivity contribution >= 4 is 67.0 Å². The molecule has 2 amide bonds. The Morgan fingerprint density at radius 2 is 1.79 bits per heavy atom. The maximum Gasteiger partial charge on any atom is 0.324 e. The average molecular weight is 600 g/mol. The van der Waals surface area contributed by atoms with Crippen LogP contribution in [0.4, 0.5) is 27.7 Å². The highest BCUT2D eigenvalue weighted by Gasteiger charge is 2.22. The third kappa shape index (κ3) is 5.38. The summed E-state index contributed by atoms with van der Waals surface area (Å²) in [5.41, 5.74) is 5.82. The maximum atomic E-state index is 13.1. The second-order valence-corrected chi connectivity index (χ2v) is 12.4. The van der Waals surface area contributed by atoms with Crippen molar-refractivity contribution in [3.05, 3.63) is 89.3 Å². The molecule has 0 aliphatic rings. The summed E-state index contributed by atoms with van der Waals surface area (Å²) in [6.07, 6.45) is 2.84. The smallest absolute Gasteiger partial charge is 0.324 e. The first-order chi connectivity index (χ1) is 20.1. The van der Waals surface area contributed by atoms with Gasteiger partial charge < -0.3 is 15.7 Å². The molecule has 3 aromatic carbocycles. The van der Waals surface area contributed by atoms with Crippen LogP contribution >= 0.6 is 22.9 Å². The summed E-state index contributed by atoms with van der Waals surface area (Å²) in [5.74, 6) is 0.440. The lowest BCUT2D eigenvalue weighted by Crippen LogP contribution is -2.21. The van der Waals surface area contributed by atoms with E-state index in [9.17, 15) is 9.90 Å². The van der Waals surface area contributed by atoms with Gasteiger partial charge in [-0.05, 0) is 61.0 Å². The lowest BCUT2D eigenvalue weighted by molar-refractivity contribution is 0.262. The Morgan fingerprint density at radius 1 is 1.00 bits per heavy atom. The first-order valence-corrected chi connectivity index (χ1v) is 14.7. The van der Waals surface area contributed by atoms with Crippen molar-refractivity contribution in [2.45, 2.75) is 39.5 Å². The summed E-state index contributed by atoms with van der Waals surface area (Å²) >= 11 is 7.83. The molecular formula is C31H30ClN7O2S. The number of nitrogens with one attached hydrogen (secondary N) is 3. The molecule has 6 aromatic rings. The quantitative estimate of drug-likeness (QED) is 0.154. The van der Waals surface area contributed by atoms with Gasteiger partial charge in [0.25, 0.3) is 0 Å². The van der Waals surface area contributed by atoms with E-state index in [1.165, 1.54) is 16.5 Å². The Morgan fingerprint density at radius 3 is 2.55 bits per heavy atom. The highest BCUT2D eigenvalue weighted by Crippen LogP contribution is 2.32. The van der Waals surface area contributed by atoms with E-state index in [2.05, 4.69) is 44.4 Å². The molecular weight excluding hydrogens is 570 g/mol. The van der Waals surface area contributed by atoms with Gasteiger partial charge in [-0.1, -0.05) is 56.7 Å². The number of urea groups is 1. The molecule has 6 rings (SSSR count). The fourth-order valence-corrected chi connectivity index (χ4v) is 5.86. The normalized spacial score (nSPS) is 11.7. The van der Waals surface area contributed by atoms with E-state index in [1.807, 2.05) is 63.4 Å². The largest absolute Gasteiger partial charge is 0.506 e. The number of aryl methyl sites for hydroxylation is 1. The van der Waals surface area contributed by atoms with Crippen LogP contribution in [0, 0.1) is 0 Å². The Hall–Kier alpha value is -4.54. The van der Waals surface area contributed by atoms with E-state index >= 15 is 0 Å². The average Bonchev–Trinajstić information content (AvgIpc) is 3.64. The van der Waals surface area contributed by atoms with Crippen LogP contribution in [-0.2, 0) is 11.8 Å². The Balaban J connectivity index is 1.22. The summed E-state index contributed by atoms with van der Waals surface area (Å²) in [5, 5.41) is 24.0. The number of benzene rings is 3. The maximum absolute atomic E-state index is 13.1. The summed E-state index contributed by atoms with van der Waals surface area (Å²) < 4.78 is 4.98. The van der Waals surface area contributed by atoms with E-state index in [0.717, 1.165) is 34.0 Å². The van der Waals surface area contributed by atoms with Crippen LogP contribution in [0.15, 0.2) is 72.9 Å². The van der Waals surface area contributed by atoms with Crippen LogP contribution in [-0.4, -0.2) is 30.3 Å². The van der Waals surface area contributed by atoms with Gasteiger partial charge in [0.05, 0.1) is 32.8 Å². The van der Waals surface area contributed by atoms with E-state index in [-0.39, 0.29) is 16.2 Å². The Bertz CT molecular complexity index is 1950. The molecule has 0 aliphatic carbocycles. The number of rotatable bonds is 6. The fraction of sp³-hybridized carbons (Fsp3) is 0.194. The number of amides is 2. The zero-order chi connectivity index (χ0) is 29.6. The van der Waals surface area contributed by atoms with Crippen molar-refractivity contribution in [2.24, 2.45) is 0 Å². The van der Waals surface area contributed by atoms with Crippen molar-refractivity contribution in [1.29, 1.82) is 0 Å². The van der Waals surface area contributed by atoms with Crippen LogP contribution in [0.3, 0.4) is 0 Å².